The third-order valence-corrected chi connectivity index (χ3v) is 6.49. The van der Waals surface area contributed by atoms with Crippen molar-refractivity contribution in [1.82, 2.24) is 10.2 Å². The lowest BCUT2D eigenvalue weighted by atomic mass is 9.76. The smallest absolute Gasteiger partial charge is 0.250 e. The Morgan fingerprint density at radius 1 is 1.22 bits per heavy atom. The minimum absolute atomic E-state index is 0.0933. The van der Waals surface area contributed by atoms with Crippen molar-refractivity contribution in [2.75, 3.05) is 11.9 Å². The molecule has 3 aliphatic rings. The molecule has 2 fully saturated rings. The molecule has 0 aromatic heterocycles. The van der Waals surface area contributed by atoms with E-state index in [0.29, 0.717) is 22.8 Å². The van der Waals surface area contributed by atoms with Gasteiger partial charge in [0.1, 0.15) is 5.54 Å². The molecular formula is C20H24ClN3O3. The standard InChI is InChI=1S/C20H24ClN3O3/c1-4-5-9-24-17(25)13-14(18(24)26)20(23-15(13)10(2)3)11-7-6-8-12(21)16(11)22-19(20)27/h6-8,10,13-15,23H,4-5,9H2,1-3H3,(H,22,27)/t13-,14-,15+,20-/m0/s1. The van der Waals surface area contributed by atoms with Gasteiger partial charge in [0, 0.05) is 18.2 Å². The highest BCUT2D eigenvalue weighted by Gasteiger charge is 2.70. The summed E-state index contributed by atoms with van der Waals surface area (Å²) < 4.78 is 0. The molecule has 1 aromatic carbocycles. The highest BCUT2D eigenvalue weighted by Crippen LogP contribution is 2.54. The summed E-state index contributed by atoms with van der Waals surface area (Å²) in [4.78, 5) is 41.0. The molecule has 3 aliphatic heterocycles. The van der Waals surface area contributed by atoms with E-state index in [2.05, 4.69) is 10.6 Å². The molecule has 144 valence electrons. The van der Waals surface area contributed by atoms with E-state index < -0.39 is 17.4 Å². The minimum Gasteiger partial charge on any atom is -0.323 e. The molecule has 27 heavy (non-hydrogen) atoms. The number of amides is 3. The second kappa shape index (κ2) is 6.31. The van der Waals surface area contributed by atoms with Crippen LogP contribution < -0.4 is 10.6 Å². The van der Waals surface area contributed by atoms with E-state index >= 15 is 0 Å². The molecule has 7 heteroatoms. The van der Waals surface area contributed by atoms with E-state index in [9.17, 15) is 14.4 Å². The van der Waals surface area contributed by atoms with Crippen molar-refractivity contribution in [3.05, 3.63) is 28.8 Å². The first-order valence-corrected chi connectivity index (χ1v) is 9.95. The van der Waals surface area contributed by atoms with Crippen molar-refractivity contribution in [2.45, 2.75) is 45.2 Å². The average molecular weight is 390 g/mol. The van der Waals surface area contributed by atoms with E-state index in [0.717, 1.165) is 12.8 Å². The minimum atomic E-state index is -1.24. The fraction of sp³-hybridized carbons (Fsp3) is 0.550. The van der Waals surface area contributed by atoms with Crippen LogP contribution in [0.15, 0.2) is 18.2 Å². The van der Waals surface area contributed by atoms with Crippen LogP contribution in [0.4, 0.5) is 5.69 Å². The maximum absolute atomic E-state index is 13.3. The zero-order valence-corrected chi connectivity index (χ0v) is 16.5. The quantitative estimate of drug-likeness (QED) is 0.775. The van der Waals surface area contributed by atoms with Crippen molar-refractivity contribution >= 4 is 35.0 Å². The van der Waals surface area contributed by atoms with Crippen molar-refractivity contribution in [2.24, 2.45) is 17.8 Å². The molecule has 0 bridgehead atoms. The number of carbonyl (C=O) groups excluding carboxylic acids is 3. The van der Waals surface area contributed by atoms with Gasteiger partial charge < -0.3 is 5.32 Å². The fourth-order valence-corrected chi connectivity index (χ4v) is 5.12. The van der Waals surface area contributed by atoms with Crippen LogP contribution in [0, 0.1) is 17.8 Å². The summed E-state index contributed by atoms with van der Waals surface area (Å²) in [5.74, 6) is -1.90. The van der Waals surface area contributed by atoms with Crippen LogP contribution in [-0.4, -0.2) is 35.2 Å². The van der Waals surface area contributed by atoms with Crippen LogP contribution in [0.25, 0.3) is 0 Å². The molecule has 6 nitrogen and oxygen atoms in total. The largest absolute Gasteiger partial charge is 0.323 e. The number of imide groups is 1. The first kappa shape index (κ1) is 18.4. The summed E-state index contributed by atoms with van der Waals surface area (Å²) in [7, 11) is 0. The number of unbranched alkanes of at least 4 members (excludes halogenated alkanes) is 1. The predicted molar refractivity (Wildman–Crippen MR) is 102 cm³/mol. The van der Waals surface area contributed by atoms with E-state index in [4.69, 9.17) is 11.6 Å². The molecule has 0 aliphatic carbocycles. The third kappa shape index (κ3) is 2.32. The zero-order chi connectivity index (χ0) is 19.5. The van der Waals surface area contributed by atoms with Gasteiger partial charge in [0.05, 0.1) is 22.5 Å². The number of hydrogen-bond donors (Lipinski definition) is 2. The van der Waals surface area contributed by atoms with Gasteiger partial charge in [-0.1, -0.05) is 50.9 Å². The Balaban J connectivity index is 1.87. The van der Waals surface area contributed by atoms with Gasteiger partial charge in [-0.3, -0.25) is 24.6 Å². The van der Waals surface area contributed by atoms with Crippen LogP contribution in [0.3, 0.4) is 0 Å². The second-order valence-corrected chi connectivity index (χ2v) is 8.43. The summed E-state index contributed by atoms with van der Waals surface area (Å²) in [6.07, 6.45) is 1.65. The number of likely N-dealkylation sites (tertiary alicyclic amines) is 1. The molecule has 2 N–H and O–H groups in total. The number of hydrogen-bond acceptors (Lipinski definition) is 4. The molecule has 2 saturated heterocycles. The van der Waals surface area contributed by atoms with Crippen LogP contribution >= 0.6 is 11.6 Å². The number of nitrogens with one attached hydrogen (secondary N) is 2. The Kier molecular flexibility index (Phi) is 4.31. The van der Waals surface area contributed by atoms with Crippen molar-refractivity contribution < 1.29 is 14.4 Å². The Morgan fingerprint density at radius 2 is 1.96 bits per heavy atom. The molecule has 1 aromatic rings. The summed E-state index contributed by atoms with van der Waals surface area (Å²) in [6, 6.07) is 5.05. The van der Waals surface area contributed by atoms with Gasteiger partial charge in [0.15, 0.2) is 0 Å². The zero-order valence-electron chi connectivity index (χ0n) is 15.7. The monoisotopic (exact) mass is 389 g/mol. The molecule has 1 spiro atoms. The van der Waals surface area contributed by atoms with E-state index in [1.165, 1.54) is 4.90 Å². The van der Waals surface area contributed by atoms with E-state index in [1.54, 1.807) is 12.1 Å². The van der Waals surface area contributed by atoms with Gasteiger partial charge in [-0.25, -0.2) is 0 Å². The third-order valence-electron chi connectivity index (χ3n) is 6.18. The number of nitrogens with zero attached hydrogens (tertiary/aromatic N) is 1. The fourth-order valence-electron chi connectivity index (χ4n) is 4.89. The molecule has 4 rings (SSSR count). The predicted octanol–water partition coefficient (Wildman–Crippen LogP) is 2.52. The lowest BCUT2D eigenvalue weighted by Crippen LogP contribution is -2.54. The molecule has 4 atom stereocenters. The van der Waals surface area contributed by atoms with Gasteiger partial charge in [-0.2, -0.15) is 0 Å². The lowest BCUT2D eigenvalue weighted by Gasteiger charge is -2.30. The number of benzene rings is 1. The van der Waals surface area contributed by atoms with Crippen LogP contribution in [0.5, 0.6) is 0 Å². The molecule has 0 unspecified atom stereocenters. The summed E-state index contributed by atoms with van der Waals surface area (Å²) in [5, 5.41) is 6.68. The number of para-hydroxylation sites is 1. The van der Waals surface area contributed by atoms with Crippen molar-refractivity contribution in [3.63, 3.8) is 0 Å². The van der Waals surface area contributed by atoms with Crippen LogP contribution in [-0.2, 0) is 19.9 Å². The molecule has 3 amide bonds. The molecular weight excluding hydrogens is 366 g/mol. The SMILES string of the molecule is CCCCN1C(=O)[C@@H]2[C@@H](C(C)C)N[C@]3(C(=O)Nc4c(Cl)cccc43)[C@@H]2C1=O. The Bertz CT molecular complexity index is 840. The van der Waals surface area contributed by atoms with Crippen molar-refractivity contribution in [1.29, 1.82) is 0 Å². The number of carbonyl (C=O) groups is 3. The number of halogens is 1. The lowest BCUT2D eigenvalue weighted by molar-refractivity contribution is -0.143. The van der Waals surface area contributed by atoms with Gasteiger partial charge in [-0.05, 0) is 18.4 Å². The van der Waals surface area contributed by atoms with Crippen LogP contribution in [0.2, 0.25) is 5.02 Å². The van der Waals surface area contributed by atoms with Gasteiger partial charge >= 0.3 is 0 Å². The topological polar surface area (TPSA) is 78.5 Å². The normalized spacial score (nSPS) is 31.8. The Morgan fingerprint density at radius 3 is 2.63 bits per heavy atom. The summed E-state index contributed by atoms with van der Waals surface area (Å²) in [6.45, 7) is 6.44. The number of fused-ring (bicyclic) bond motifs is 4. The molecule has 0 saturated carbocycles. The highest BCUT2D eigenvalue weighted by molar-refractivity contribution is 6.35. The van der Waals surface area contributed by atoms with Gasteiger partial charge in [-0.15, -0.1) is 0 Å². The Hall–Kier alpha value is -1.92. The molecule has 3 heterocycles. The van der Waals surface area contributed by atoms with Crippen LogP contribution in [0.1, 0.15) is 39.2 Å². The van der Waals surface area contributed by atoms with E-state index in [-0.39, 0.29) is 29.7 Å². The first-order valence-electron chi connectivity index (χ1n) is 9.58. The van der Waals surface area contributed by atoms with Gasteiger partial charge in [0.2, 0.25) is 17.7 Å². The van der Waals surface area contributed by atoms with Gasteiger partial charge in [0.25, 0.3) is 0 Å². The van der Waals surface area contributed by atoms with Crippen molar-refractivity contribution in [3.8, 4) is 0 Å². The first-order chi connectivity index (χ1) is 12.8. The highest BCUT2D eigenvalue weighted by atomic mass is 35.5. The maximum atomic E-state index is 13.3. The maximum Gasteiger partial charge on any atom is 0.250 e. The Labute approximate surface area is 163 Å². The van der Waals surface area contributed by atoms with E-state index in [1.807, 2.05) is 26.8 Å². The second-order valence-electron chi connectivity index (χ2n) is 8.02. The average Bonchev–Trinajstić information content (AvgIpc) is 3.21. The summed E-state index contributed by atoms with van der Waals surface area (Å²) >= 11 is 6.30. The number of rotatable bonds is 4. The number of anilines is 1. The molecule has 0 radical (unpaired) electrons. The summed E-state index contributed by atoms with van der Waals surface area (Å²) in [5.41, 5.74) is -0.0446.